The van der Waals surface area contributed by atoms with E-state index in [0.29, 0.717) is 17.7 Å². The molecule has 0 atom stereocenters. The van der Waals surface area contributed by atoms with Crippen molar-refractivity contribution >= 4 is 11.4 Å². The zero-order valence-corrected chi connectivity index (χ0v) is 13.7. The molecule has 0 radical (unpaired) electrons. The Kier molecular flexibility index (Phi) is 8.17. The molecule has 0 aliphatic rings. The van der Waals surface area contributed by atoms with Crippen molar-refractivity contribution in [2.75, 3.05) is 11.5 Å². The third kappa shape index (κ3) is 5.56. The van der Waals surface area contributed by atoms with Gasteiger partial charge in [-0.25, -0.2) is 4.39 Å². The first kappa shape index (κ1) is 17.8. The van der Waals surface area contributed by atoms with Crippen molar-refractivity contribution in [2.24, 2.45) is 0 Å². The molecule has 0 aromatic heterocycles. The largest absolute Gasteiger partial charge is 0.398 e. The molecule has 4 N–H and O–H groups in total. The molecule has 120 valence electrons. The average molecular weight is 294 g/mol. The Labute approximate surface area is 129 Å². The number of unbranched alkanes of at least 4 members (excludes halogenated alkanes) is 6. The van der Waals surface area contributed by atoms with Crippen LogP contribution in [0.1, 0.15) is 76.3 Å². The standard InChI is InChI=1S/C18H31FN2/c1-3-5-7-9-11-14-13-16(20)17(19)15(18(14)21)12-10-8-6-4-2/h13H,3-12,20-21H2,1-2H3. The number of anilines is 2. The van der Waals surface area contributed by atoms with E-state index >= 15 is 0 Å². The molecular formula is C18H31FN2. The molecule has 3 heteroatoms. The third-order valence-electron chi connectivity index (χ3n) is 4.10. The van der Waals surface area contributed by atoms with Gasteiger partial charge in [0.05, 0.1) is 5.69 Å². The lowest BCUT2D eigenvalue weighted by Crippen LogP contribution is -2.07. The van der Waals surface area contributed by atoms with E-state index < -0.39 is 0 Å². The molecule has 1 rings (SSSR count). The summed E-state index contributed by atoms with van der Waals surface area (Å²) in [7, 11) is 0. The van der Waals surface area contributed by atoms with Gasteiger partial charge in [-0.15, -0.1) is 0 Å². The Morgan fingerprint density at radius 1 is 0.857 bits per heavy atom. The molecule has 0 fully saturated rings. The Bertz CT molecular complexity index is 430. The molecule has 0 aliphatic carbocycles. The van der Waals surface area contributed by atoms with Gasteiger partial charge in [0, 0.05) is 11.3 Å². The number of hydrogen-bond donors (Lipinski definition) is 2. The SMILES string of the molecule is CCCCCCc1cc(N)c(F)c(CCCCCC)c1N. The molecule has 0 bridgehead atoms. The summed E-state index contributed by atoms with van der Waals surface area (Å²) in [5, 5.41) is 0. The van der Waals surface area contributed by atoms with Gasteiger partial charge in [-0.2, -0.15) is 0 Å². The lowest BCUT2D eigenvalue weighted by molar-refractivity contribution is 0.597. The minimum Gasteiger partial charge on any atom is -0.398 e. The van der Waals surface area contributed by atoms with Crippen LogP contribution in [0.5, 0.6) is 0 Å². The van der Waals surface area contributed by atoms with E-state index in [1.54, 1.807) is 6.07 Å². The van der Waals surface area contributed by atoms with Crippen molar-refractivity contribution in [3.63, 3.8) is 0 Å². The quantitative estimate of drug-likeness (QED) is 0.458. The highest BCUT2D eigenvalue weighted by molar-refractivity contribution is 5.62. The summed E-state index contributed by atoms with van der Waals surface area (Å²) in [6.07, 6.45) is 10.8. The second-order valence-electron chi connectivity index (χ2n) is 5.95. The Morgan fingerprint density at radius 3 is 2.00 bits per heavy atom. The van der Waals surface area contributed by atoms with E-state index in [2.05, 4.69) is 13.8 Å². The van der Waals surface area contributed by atoms with Crippen LogP contribution in [-0.2, 0) is 12.8 Å². The highest BCUT2D eigenvalue weighted by Gasteiger charge is 2.14. The molecule has 0 saturated heterocycles. The molecule has 0 amide bonds. The van der Waals surface area contributed by atoms with Crippen LogP contribution in [0.4, 0.5) is 15.8 Å². The highest BCUT2D eigenvalue weighted by Crippen LogP contribution is 2.29. The van der Waals surface area contributed by atoms with Gasteiger partial charge in [-0.05, 0) is 37.3 Å². The maximum absolute atomic E-state index is 14.2. The predicted molar refractivity (Wildman–Crippen MR) is 90.9 cm³/mol. The van der Waals surface area contributed by atoms with Crippen molar-refractivity contribution in [2.45, 2.75) is 78.1 Å². The fourth-order valence-electron chi connectivity index (χ4n) is 2.74. The maximum atomic E-state index is 14.2. The fourth-order valence-corrected chi connectivity index (χ4v) is 2.74. The molecule has 0 aliphatic heterocycles. The Hall–Kier alpha value is -1.25. The molecular weight excluding hydrogens is 263 g/mol. The topological polar surface area (TPSA) is 52.0 Å². The second-order valence-corrected chi connectivity index (χ2v) is 5.95. The lowest BCUT2D eigenvalue weighted by atomic mass is 9.96. The zero-order valence-electron chi connectivity index (χ0n) is 13.7. The maximum Gasteiger partial charge on any atom is 0.151 e. The summed E-state index contributed by atoms with van der Waals surface area (Å²) in [6, 6.07) is 1.73. The van der Waals surface area contributed by atoms with E-state index in [9.17, 15) is 4.39 Å². The van der Waals surface area contributed by atoms with Gasteiger partial charge in [-0.1, -0.05) is 52.4 Å². The Morgan fingerprint density at radius 2 is 1.43 bits per heavy atom. The minimum atomic E-state index is -0.304. The van der Waals surface area contributed by atoms with E-state index in [0.717, 1.165) is 31.2 Å². The van der Waals surface area contributed by atoms with Crippen LogP contribution in [0.25, 0.3) is 0 Å². The van der Waals surface area contributed by atoms with E-state index in [1.165, 1.54) is 32.1 Å². The smallest absolute Gasteiger partial charge is 0.151 e. The van der Waals surface area contributed by atoms with Crippen molar-refractivity contribution in [3.05, 3.63) is 23.0 Å². The van der Waals surface area contributed by atoms with Gasteiger partial charge in [0.2, 0.25) is 0 Å². The summed E-state index contributed by atoms with van der Waals surface area (Å²) in [4.78, 5) is 0. The van der Waals surface area contributed by atoms with E-state index in [-0.39, 0.29) is 11.5 Å². The second kappa shape index (κ2) is 9.64. The summed E-state index contributed by atoms with van der Waals surface area (Å²) in [6.45, 7) is 4.36. The van der Waals surface area contributed by atoms with Gasteiger partial charge in [-0.3, -0.25) is 0 Å². The molecule has 0 heterocycles. The molecule has 1 aromatic rings. The molecule has 0 saturated carbocycles. The number of halogens is 1. The zero-order chi connectivity index (χ0) is 15.7. The van der Waals surface area contributed by atoms with Gasteiger partial charge < -0.3 is 11.5 Å². The van der Waals surface area contributed by atoms with Crippen molar-refractivity contribution < 1.29 is 4.39 Å². The fraction of sp³-hybridized carbons (Fsp3) is 0.667. The number of aryl methyl sites for hydroxylation is 1. The number of rotatable bonds is 10. The van der Waals surface area contributed by atoms with Crippen LogP contribution >= 0.6 is 0 Å². The molecule has 0 spiro atoms. The van der Waals surface area contributed by atoms with Crippen molar-refractivity contribution in [1.29, 1.82) is 0 Å². The van der Waals surface area contributed by atoms with Crippen LogP contribution in [0.2, 0.25) is 0 Å². The summed E-state index contributed by atoms with van der Waals surface area (Å²) in [5.74, 6) is -0.304. The first-order chi connectivity index (χ1) is 10.1. The van der Waals surface area contributed by atoms with Crippen LogP contribution in [-0.4, -0.2) is 0 Å². The summed E-state index contributed by atoms with van der Waals surface area (Å²) >= 11 is 0. The Balaban J connectivity index is 2.73. The van der Waals surface area contributed by atoms with Crippen LogP contribution in [0.3, 0.4) is 0 Å². The number of nitrogen functional groups attached to an aromatic ring is 2. The van der Waals surface area contributed by atoms with Gasteiger partial charge in [0.1, 0.15) is 0 Å². The first-order valence-corrected chi connectivity index (χ1v) is 8.47. The molecule has 1 aromatic carbocycles. The van der Waals surface area contributed by atoms with Gasteiger partial charge in [0.15, 0.2) is 5.82 Å². The minimum absolute atomic E-state index is 0.250. The van der Waals surface area contributed by atoms with E-state index in [1.807, 2.05) is 0 Å². The van der Waals surface area contributed by atoms with Gasteiger partial charge >= 0.3 is 0 Å². The average Bonchev–Trinajstić information content (AvgIpc) is 2.48. The van der Waals surface area contributed by atoms with Crippen molar-refractivity contribution in [3.8, 4) is 0 Å². The number of hydrogen-bond acceptors (Lipinski definition) is 2. The van der Waals surface area contributed by atoms with Gasteiger partial charge in [0.25, 0.3) is 0 Å². The molecule has 0 unspecified atom stereocenters. The third-order valence-corrected chi connectivity index (χ3v) is 4.10. The number of benzene rings is 1. The lowest BCUT2D eigenvalue weighted by Gasteiger charge is -2.14. The molecule has 2 nitrogen and oxygen atoms in total. The summed E-state index contributed by atoms with van der Waals surface area (Å²) < 4.78 is 14.2. The highest BCUT2D eigenvalue weighted by atomic mass is 19.1. The van der Waals surface area contributed by atoms with Crippen LogP contribution in [0.15, 0.2) is 6.07 Å². The van der Waals surface area contributed by atoms with Crippen LogP contribution < -0.4 is 11.5 Å². The van der Waals surface area contributed by atoms with E-state index in [4.69, 9.17) is 11.5 Å². The van der Waals surface area contributed by atoms with Crippen molar-refractivity contribution in [1.82, 2.24) is 0 Å². The first-order valence-electron chi connectivity index (χ1n) is 8.47. The normalized spacial score (nSPS) is 11.0. The number of nitrogens with two attached hydrogens (primary N) is 2. The van der Waals surface area contributed by atoms with Crippen LogP contribution in [0, 0.1) is 5.82 Å². The monoisotopic (exact) mass is 294 g/mol. The predicted octanol–water partition coefficient (Wildman–Crippen LogP) is 5.24. The summed E-state index contributed by atoms with van der Waals surface area (Å²) in [5.41, 5.74) is 14.6. The molecule has 21 heavy (non-hydrogen) atoms.